The molecule has 1 saturated heterocycles. The number of nitrogens with zero attached hydrogens (tertiary/aromatic N) is 1. The third-order valence-corrected chi connectivity index (χ3v) is 6.13. The molecule has 0 aliphatic carbocycles. The van der Waals surface area contributed by atoms with Crippen LogP contribution in [0.1, 0.15) is 17.4 Å². The van der Waals surface area contributed by atoms with Crippen LogP contribution >= 0.6 is 0 Å². The molecule has 5 rings (SSSR count). The van der Waals surface area contributed by atoms with Gasteiger partial charge >= 0.3 is 0 Å². The zero-order chi connectivity index (χ0) is 20.4. The summed E-state index contributed by atoms with van der Waals surface area (Å²) in [6, 6.07) is 7.26. The lowest BCUT2D eigenvalue weighted by atomic mass is 9.97. The second kappa shape index (κ2) is 7.37. The van der Waals surface area contributed by atoms with Crippen LogP contribution in [0.3, 0.4) is 0 Å². The number of pyridine rings is 1. The number of aryl methyl sites for hydroxylation is 2. The average molecular weight is 431 g/mol. The number of rotatable bonds is 2. The molecular weight excluding hydrogens is 408 g/mol. The number of phenolic OH excluding ortho intramolecular Hbond substituents is 1. The van der Waals surface area contributed by atoms with Crippen LogP contribution in [-0.2, 0) is 4.74 Å². The lowest BCUT2D eigenvalue weighted by Crippen LogP contribution is -3.00. The van der Waals surface area contributed by atoms with Gasteiger partial charge in [-0.1, -0.05) is 0 Å². The van der Waals surface area contributed by atoms with Crippen LogP contribution in [-0.4, -0.2) is 50.3 Å². The number of phenols is 1. The minimum absolute atomic E-state index is 0. The van der Waals surface area contributed by atoms with Crippen molar-refractivity contribution in [3.63, 3.8) is 0 Å². The Labute approximate surface area is 178 Å². The van der Waals surface area contributed by atoms with Gasteiger partial charge in [0.15, 0.2) is 18.5 Å². The number of halogens is 1. The molecule has 158 valence electrons. The fourth-order valence-electron chi connectivity index (χ4n) is 4.54. The van der Waals surface area contributed by atoms with Crippen LogP contribution in [0.2, 0.25) is 0 Å². The van der Waals surface area contributed by atoms with Gasteiger partial charge in [0.25, 0.3) is 6.23 Å². The number of aromatic amines is 1. The van der Waals surface area contributed by atoms with Crippen LogP contribution in [0.15, 0.2) is 36.7 Å². The van der Waals surface area contributed by atoms with Gasteiger partial charge in [-0.15, -0.1) is 0 Å². The maximum absolute atomic E-state index is 10.4. The molecule has 1 aliphatic rings. The zero-order valence-electron chi connectivity index (χ0n) is 16.5. The number of nitrogens with one attached hydrogen (secondary N) is 1. The van der Waals surface area contributed by atoms with Crippen molar-refractivity contribution in [2.75, 3.05) is 6.61 Å². The molecule has 30 heavy (non-hydrogen) atoms. The van der Waals surface area contributed by atoms with E-state index in [0.29, 0.717) is 0 Å². The highest BCUT2D eigenvalue weighted by molar-refractivity contribution is 6.16. The van der Waals surface area contributed by atoms with Crippen LogP contribution in [0.5, 0.6) is 5.75 Å². The van der Waals surface area contributed by atoms with E-state index in [4.69, 9.17) is 4.74 Å². The predicted molar refractivity (Wildman–Crippen MR) is 108 cm³/mol. The largest absolute Gasteiger partial charge is 1.00 e. The fraction of sp³-hybridized carbons (Fsp3) is 0.318. The zero-order valence-corrected chi connectivity index (χ0v) is 17.3. The van der Waals surface area contributed by atoms with Crippen LogP contribution in [0.25, 0.3) is 32.6 Å². The molecule has 1 fully saturated rings. The first kappa shape index (κ1) is 20.8. The molecule has 0 bridgehead atoms. The molecule has 2 aromatic heterocycles. The van der Waals surface area contributed by atoms with Gasteiger partial charge in [-0.2, -0.15) is 4.57 Å². The summed E-state index contributed by atoms with van der Waals surface area (Å²) in [5, 5.41) is 43.8. The molecule has 0 saturated carbocycles. The van der Waals surface area contributed by atoms with Crippen molar-refractivity contribution in [1.82, 2.24) is 4.98 Å². The van der Waals surface area contributed by atoms with Crippen molar-refractivity contribution in [3.8, 4) is 5.75 Å². The van der Waals surface area contributed by atoms with Crippen molar-refractivity contribution >= 4 is 32.6 Å². The number of aromatic nitrogens is 2. The van der Waals surface area contributed by atoms with E-state index in [0.717, 1.165) is 43.7 Å². The summed E-state index contributed by atoms with van der Waals surface area (Å²) in [5.41, 5.74) is 4.11. The molecule has 0 spiro atoms. The number of hydrogen-bond donors (Lipinski definition) is 5. The Balaban J connectivity index is 0.00000218. The lowest BCUT2D eigenvalue weighted by molar-refractivity contribution is -0.764. The molecule has 0 radical (unpaired) electrons. The molecule has 4 aromatic rings. The second-order valence-electron chi connectivity index (χ2n) is 7.80. The lowest BCUT2D eigenvalue weighted by Gasteiger charge is -2.12. The Kier molecular flexibility index (Phi) is 5.12. The molecule has 0 unspecified atom stereocenters. The van der Waals surface area contributed by atoms with E-state index in [1.807, 2.05) is 31.5 Å². The van der Waals surface area contributed by atoms with Crippen molar-refractivity contribution in [2.24, 2.45) is 0 Å². The summed E-state index contributed by atoms with van der Waals surface area (Å²) in [6.45, 7) is 3.72. The number of ether oxygens (including phenoxy) is 1. The molecule has 4 atom stereocenters. The highest BCUT2D eigenvalue weighted by atomic mass is 35.5. The predicted octanol–water partition coefficient (Wildman–Crippen LogP) is -1.30. The first-order chi connectivity index (χ1) is 13.9. The first-order valence-electron chi connectivity index (χ1n) is 9.61. The Hall–Kier alpha value is -2.42. The number of aromatic hydroxyl groups is 1. The number of H-pyrrole nitrogens is 1. The third-order valence-electron chi connectivity index (χ3n) is 6.13. The van der Waals surface area contributed by atoms with Gasteiger partial charge < -0.3 is 42.6 Å². The van der Waals surface area contributed by atoms with Crippen molar-refractivity contribution < 1.29 is 42.1 Å². The minimum atomic E-state index is -1.14. The topological polar surface area (TPSA) is 110 Å². The number of benzene rings is 2. The molecule has 3 heterocycles. The van der Waals surface area contributed by atoms with Crippen LogP contribution < -0.4 is 17.0 Å². The standard InChI is InChI=1S/C22H22N2O5.ClH/c1-10-15-8-24(22-21(28)20(27)17(9-25)29-22)6-5-13(15)11(2)19-18(10)14-7-12(26)3-4-16(14)23-19;/h3-8,17,20-22,25-28H,9H2,1-2H3;1H/t17-,20+,21-,22-;/m1./s1. The van der Waals surface area contributed by atoms with Gasteiger partial charge in [0.1, 0.15) is 18.0 Å². The van der Waals surface area contributed by atoms with Gasteiger partial charge in [-0.05, 0) is 48.6 Å². The van der Waals surface area contributed by atoms with Crippen molar-refractivity contribution in [2.45, 2.75) is 38.4 Å². The van der Waals surface area contributed by atoms with E-state index in [1.165, 1.54) is 0 Å². The van der Waals surface area contributed by atoms with Crippen molar-refractivity contribution in [1.29, 1.82) is 0 Å². The summed E-state index contributed by atoms with van der Waals surface area (Å²) in [5.74, 6) is 0.213. The molecule has 1 aliphatic heterocycles. The highest BCUT2D eigenvalue weighted by Crippen LogP contribution is 2.37. The van der Waals surface area contributed by atoms with Gasteiger partial charge in [-0.3, -0.25) is 0 Å². The molecule has 7 nitrogen and oxygen atoms in total. The maximum atomic E-state index is 10.4. The summed E-state index contributed by atoms with van der Waals surface area (Å²) in [4.78, 5) is 3.46. The van der Waals surface area contributed by atoms with E-state index in [9.17, 15) is 20.4 Å². The maximum Gasteiger partial charge on any atom is 0.292 e. The van der Waals surface area contributed by atoms with E-state index >= 15 is 0 Å². The highest BCUT2D eigenvalue weighted by Gasteiger charge is 2.48. The van der Waals surface area contributed by atoms with Crippen LogP contribution in [0.4, 0.5) is 0 Å². The summed E-state index contributed by atoms with van der Waals surface area (Å²) >= 11 is 0. The Morgan fingerprint density at radius 1 is 1.03 bits per heavy atom. The van der Waals surface area contributed by atoms with E-state index < -0.39 is 24.5 Å². The SMILES string of the molecule is Cc1c2cc[n+]([C@@H]3O[C@H](CO)[C@H](O)[C@H]3O)cc2c(C)c2c1[nH]c1ccc(O)cc12.[Cl-]. The van der Waals surface area contributed by atoms with Gasteiger partial charge in [0, 0.05) is 27.7 Å². The number of hydrogen-bond acceptors (Lipinski definition) is 5. The monoisotopic (exact) mass is 430 g/mol. The van der Waals surface area contributed by atoms with E-state index in [-0.39, 0.29) is 24.8 Å². The second-order valence-corrected chi connectivity index (χ2v) is 7.80. The number of aliphatic hydroxyl groups excluding tert-OH is 3. The first-order valence-corrected chi connectivity index (χ1v) is 9.61. The fourth-order valence-corrected chi connectivity index (χ4v) is 4.54. The number of aliphatic hydroxyl groups is 3. The number of fused-ring (bicyclic) bond motifs is 4. The smallest absolute Gasteiger partial charge is 0.292 e. The average Bonchev–Trinajstić information content (AvgIpc) is 3.24. The molecule has 2 aromatic carbocycles. The Morgan fingerprint density at radius 3 is 2.50 bits per heavy atom. The molecule has 8 heteroatoms. The van der Waals surface area contributed by atoms with E-state index in [1.54, 1.807) is 16.7 Å². The molecule has 0 amide bonds. The summed E-state index contributed by atoms with van der Waals surface area (Å²) in [6.07, 6.45) is -0.164. The summed E-state index contributed by atoms with van der Waals surface area (Å²) in [7, 11) is 0. The van der Waals surface area contributed by atoms with Gasteiger partial charge in [-0.25, -0.2) is 0 Å². The van der Waals surface area contributed by atoms with Gasteiger partial charge in [0.2, 0.25) is 0 Å². The Bertz CT molecular complexity index is 1270. The summed E-state index contributed by atoms with van der Waals surface area (Å²) < 4.78 is 7.40. The minimum Gasteiger partial charge on any atom is -1.00 e. The van der Waals surface area contributed by atoms with Crippen LogP contribution in [0, 0.1) is 13.8 Å². The molecule has 5 N–H and O–H groups in total. The molecular formula is C22H23ClN2O5. The van der Waals surface area contributed by atoms with Crippen molar-refractivity contribution in [3.05, 3.63) is 47.8 Å². The quantitative estimate of drug-likeness (QED) is 0.254. The Morgan fingerprint density at radius 2 is 1.80 bits per heavy atom. The normalized spacial score (nSPS) is 24.0. The van der Waals surface area contributed by atoms with Gasteiger partial charge in [0.05, 0.1) is 12.1 Å². The third kappa shape index (κ3) is 2.85. The van der Waals surface area contributed by atoms with E-state index in [2.05, 4.69) is 11.9 Å².